The fourth-order valence-electron chi connectivity index (χ4n) is 1.82. The molecule has 1 heterocycles. The predicted octanol–water partition coefficient (Wildman–Crippen LogP) is 0.915. The third kappa shape index (κ3) is 3.10. The molecule has 0 radical (unpaired) electrons. The number of carbonyl (C=O) groups excluding carboxylic acids is 2. The molecule has 1 fully saturated rings. The van der Waals surface area contributed by atoms with Gasteiger partial charge < -0.3 is 15.4 Å². The summed E-state index contributed by atoms with van der Waals surface area (Å²) in [6.45, 7) is 0.671. The van der Waals surface area contributed by atoms with Crippen LogP contribution in [0.3, 0.4) is 0 Å². The Balaban J connectivity index is 2.14. The number of nitrogens with two attached hydrogens (primary N) is 1. The van der Waals surface area contributed by atoms with Gasteiger partial charge in [0, 0.05) is 12.1 Å². The van der Waals surface area contributed by atoms with Crippen LogP contribution < -0.4 is 5.73 Å². The summed E-state index contributed by atoms with van der Waals surface area (Å²) in [5.74, 6) is -1.47. The first-order valence-corrected chi connectivity index (χ1v) is 6.43. The Hall–Kier alpha value is -1.47. The van der Waals surface area contributed by atoms with Crippen LogP contribution in [-0.4, -0.2) is 42.5 Å². The summed E-state index contributed by atoms with van der Waals surface area (Å²) in [7, 11) is 0. The molecule has 102 valence electrons. The lowest BCUT2D eigenvalue weighted by atomic mass is 10.1. The van der Waals surface area contributed by atoms with E-state index in [1.54, 1.807) is 0 Å². The number of halogens is 2. The van der Waals surface area contributed by atoms with Crippen LogP contribution in [0.5, 0.6) is 0 Å². The summed E-state index contributed by atoms with van der Waals surface area (Å²) in [4.78, 5) is 24.7. The minimum atomic E-state index is -0.807. The van der Waals surface area contributed by atoms with Crippen molar-refractivity contribution in [3.05, 3.63) is 34.1 Å². The summed E-state index contributed by atoms with van der Waals surface area (Å²) in [5.41, 5.74) is 5.37. The van der Waals surface area contributed by atoms with Gasteiger partial charge in [0.15, 0.2) is 6.10 Å². The van der Waals surface area contributed by atoms with Crippen molar-refractivity contribution in [1.29, 1.82) is 0 Å². The number of morpholine rings is 1. The molecule has 1 aromatic carbocycles. The molecule has 1 saturated heterocycles. The first-order chi connectivity index (χ1) is 8.99. The fraction of sp³-hybridized carbons (Fsp3) is 0.333. The second-order valence-corrected chi connectivity index (χ2v) is 5.00. The van der Waals surface area contributed by atoms with E-state index < -0.39 is 17.8 Å². The maximum absolute atomic E-state index is 13.4. The van der Waals surface area contributed by atoms with Crippen LogP contribution in [0, 0.1) is 5.82 Å². The van der Waals surface area contributed by atoms with Crippen molar-refractivity contribution in [2.45, 2.75) is 6.10 Å². The zero-order valence-corrected chi connectivity index (χ0v) is 11.5. The molecule has 1 unspecified atom stereocenters. The molecule has 0 aliphatic carbocycles. The number of hydrogen-bond acceptors (Lipinski definition) is 3. The lowest BCUT2D eigenvalue weighted by Gasteiger charge is -2.31. The molecule has 1 aliphatic heterocycles. The normalized spacial score (nSPS) is 19.3. The van der Waals surface area contributed by atoms with Crippen molar-refractivity contribution >= 4 is 27.7 Å². The van der Waals surface area contributed by atoms with Crippen molar-refractivity contribution < 1.29 is 18.7 Å². The number of carbonyl (C=O) groups is 2. The Labute approximate surface area is 117 Å². The number of primary amides is 1. The van der Waals surface area contributed by atoms with Gasteiger partial charge >= 0.3 is 0 Å². The van der Waals surface area contributed by atoms with Crippen LogP contribution in [0.1, 0.15) is 10.4 Å². The van der Waals surface area contributed by atoms with Crippen LogP contribution in [-0.2, 0) is 9.53 Å². The van der Waals surface area contributed by atoms with Crippen LogP contribution in [0.4, 0.5) is 4.39 Å². The van der Waals surface area contributed by atoms with Crippen molar-refractivity contribution in [1.82, 2.24) is 4.90 Å². The zero-order valence-electron chi connectivity index (χ0n) is 9.94. The van der Waals surface area contributed by atoms with Gasteiger partial charge in [0.2, 0.25) is 5.91 Å². The monoisotopic (exact) mass is 330 g/mol. The Morgan fingerprint density at radius 2 is 2.21 bits per heavy atom. The maximum atomic E-state index is 13.4. The van der Waals surface area contributed by atoms with Gasteiger partial charge in [-0.3, -0.25) is 9.59 Å². The van der Waals surface area contributed by atoms with Gasteiger partial charge in [0.25, 0.3) is 5.91 Å². The van der Waals surface area contributed by atoms with E-state index in [4.69, 9.17) is 10.5 Å². The number of benzene rings is 1. The van der Waals surface area contributed by atoms with Gasteiger partial charge in [-0.05, 0) is 34.1 Å². The van der Waals surface area contributed by atoms with Crippen LogP contribution in [0.25, 0.3) is 0 Å². The topological polar surface area (TPSA) is 72.6 Å². The minimum Gasteiger partial charge on any atom is -0.367 e. The van der Waals surface area contributed by atoms with Crippen molar-refractivity contribution in [2.75, 3.05) is 19.7 Å². The summed E-state index contributed by atoms with van der Waals surface area (Å²) in [6, 6.07) is 4.14. The van der Waals surface area contributed by atoms with Gasteiger partial charge in [0.1, 0.15) is 5.82 Å². The van der Waals surface area contributed by atoms with E-state index in [2.05, 4.69) is 15.9 Å². The zero-order chi connectivity index (χ0) is 14.0. The van der Waals surface area contributed by atoms with E-state index >= 15 is 0 Å². The van der Waals surface area contributed by atoms with E-state index in [0.29, 0.717) is 11.0 Å². The van der Waals surface area contributed by atoms with Crippen molar-refractivity contribution in [3.8, 4) is 0 Å². The number of rotatable bonds is 2. The molecular formula is C12H12BrFN2O3. The lowest BCUT2D eigenvalue weighted by molar-refractivity contribution is -0.133. The molecule has 1 aromatic rings. The van der Waals surface area contributed by atoms with Gasteiger partial charge in [-0.25, -0.2) is 4.39 Å². The third-order valence-corrected chi connectivity index (χ3v) is 3.48. The minimum absolute atomic E-state index is 0.0891. The third-order valence-electron chi connectivity index (χ3n) is 2.84. The average molecular weight is 331 g/mol. The van der Waals surface area contributed by atoms with Gasteiger partial charge in [-0.15, -0.1) is 0 Å². The molecule has 5 nitrogen and oxygen atoms in total. The second-order valence-electron chi connectivity index (χ2n) is 4.14. The van der Waals surface area contributed by atoms with Crippen LogP contribution in [0.15, 0.2) is 22.7 Å². The second kappa shape index (κ2) is 5.66. The molecule has 0 aromatic heterocycles. The molecule has 1 aliphatic rings. The quantitative estimate of drug-likeness (QED) is 0.876. The van der Waals surface area contributed by atoms with Crippen molar-refractivity contribution in [2.24, 2.45) is 5.73 Å². The SMILES string of the molecule is NC(=O)C1CN(C(=O)c2ccc(Br)c(F)c2)CCO1. The molecule has 2 rings (SSSR count). The maximum Gasteiger partial charge on any atom is 0.254 e. The first kappa shape index (κ1) is 14.0. The number of hydrogen-bond donors (Lipinski definition) is 1. The van der Waals surface area contributed by atoms with E-state index in [0.717, 1.165) is 6.07 Å². The summed E-state index contributed by atoms with van der Waals surface area (Å²) >= 11 is 3.02. The Morgan fingerprint density at radius 1 is 1.47 bits per heavy atom. The van der Waals surface area contributed by atoms with E-state index in [1.807, 2.05) is 0 Å². The van der Waals surface area contributed by atoms with Gasteiger partial charge in [0.05, 0.1) is 17.6 Å². The largest absolute Gasteiger partial charge is 0.367 e. The lowest BCUT2D eigenvalue weighted by Crippen LogP contribution is -2.50. The molecule has 0 bridgehead atoms. The fourth-order valence-corrected chi connectivity index (χ4v) is 2.06. The average Bonchev–Trinajstić information content (AvgIpc) is 2.41. The summed E-state index contributed by atoms with van der Waals surface area (Å²) in [5, 5.41) is 0. The Bertz CT molecular complexity index is 524. The smallest absolute Gasteiger partial charge is 0.254 e. The molecule has 2 amide bonds. The molecule has 0 saturated carbocycles. The highest BCUT2D eigenvalue weighted by atomic mass is 79.9. The van der Waals surface area contributed by atoms with E-state index in [1.165, 1.54) is 17.0 Å². The number of ether oxygens (including phenoxy) is 1. The summed E-state index contributed by atoms with van der Waals surface area (Å²) in [6.07, 6.45) is -0.807. The number of amides is 2. The molecule has 1 atom stereocenters. The van der Waals surface area contributed by atoms with Gasteiger partial charge in [-0.2, -0.15) is 0 Å². The Morgan fingerprint density at radius 3 is 2.84 bits per heavy atom. The van der Waals surface area contributed by atoms with Gasteiger partial charge in [-0.1, -0.05) is 0 Å². The highest BCUT2D eigenvalue weighted by Crippen LogP contribution is 2.18. The molecule has 2 N–H and O–H groups in total. The van der Waals surface area contributed by atoms with Crippen LogP contribution >= 0.6 is 15.9 Å². The molecule has 0 spiro atoms. The van der Waals surface area contributed by atoms with E-state index in [-0.39, 0.29) is 24.6 Å². The van der Waals surface area contributed by atoms with E-state index in [9.17, 15) is 14.0 Å². The molecular weight excluding hydrogens is 319 g/mol. The van der Waals surface area contributed by atoms with Crippen LogP contribution in [0.2, 0.25) is 0 Å². The standard InChI is InChI=1S/C12H12BrFN2O3/c13-8-2-1-7(5-9(8)14)12(18)16-3-4-19-10(6-16)11(15)17/h1-2,5,10H,3-4,6H2,(H2,15,17). The molecule has 7 heteroatoms. The highest BCUT2D eigenvalue weighted by molar-refractivity contribution is 9.10. The van der Waals surface area contributed by atoms with Crippen molar-refractivity contribution in [3.63, 3.8) is 0 Å². The Kier molecular flexibility index (Phi) is 4.16. The summed E-state index contributed by atoms with van der Waals surface area (Å²) < 4.78 is 18.8. The predicted molar refractivity (Wildman–Crippen MR) is 68.9 cm³/mol. The first-order valence-electron chi connectivity index (χ1n) is 5.64. The number of nitrogens with zero attached hydrogens (tertiary/aromatic N) is 1. The molecule has 19 heavy (non-hydrogen) atoms. The highest BCUT2D eigenvalue weighted by Gasteiger charge is 2.28.